The van der Waals surface area contributed by atoms with Crippen LogP contribution in [0.5, 0.6) is 11.8 Å². The van der Waals surface area contributed by atoms with Crippen LogP contribution in [0.15, 0.2) is 24.3 Å². The smallest absolute Gasteiger partial charge is 0.318 e. The number of phenolic OH excluding ortho intramolecular Hbond substituents is 1. The van der Waals surface area contributed by atoms with Crippen LogP contribution in [-0.2, 0) is 38.9 Å². The Bertz CT molecular complexity index is 2030. The molecule has 0 bridgehead atoms. The van der Waals surface area contributed by atoms with Crippen molar-refractivity contribution in [3.05, 3.63) is 63.9 Å². The minimum Gasteiger partial charge on any atom is -0.508 e. The van der Waals surface area contributed by atoms with Crippen LogP contribution in [0.25, 0.3) is 10.8 Å². The molecule has 4 aliphatic rings. The molecular weight excluding hydrogens is 666 g/mol. The van der Waals surface area contributed by atoms with Crippen molar-refractivity contribution in [1.29, 1.82) is 0 Å². The average molecular weight is 715 g/mol. The number of fused-ring (bicyclic) bond motifs is 4. The van der Waals surface area contributed by atoms with Crippen molar-refractivity contribution in [3.8, 4) is 11.8 Å². The molecule has 0 saturated carbocycles. The molecule has 0 aliphatic carbocycles. The number of alkyl halides is 1. The molecule has 2 fully saturated rings. The van der Waals surface area contributed by atoms with Gasteiger partial charge in [-0.3, -0.25) is 14.4 Å². The molecular formula is C39H48F2N8O3. The number of benzene rings is 2. The Hall–Kier alpha value is -4.52. The number of aromatic hydroxyl groups is 1. The highest BCUT2D eigenvalue weighted by Gasteiger charge is 2.49. The number of ether oxygens (including phenoxy) is 1. The van der Waals surface area contributed by atoms with Gasteiger partial charge in [-0.25, -0.2) is 8.78 Å². The number of aryl methyl sites for hydroxylation is 2. The fourth-order valence-electron chi connectivity index (χ4n) is 9.14. The lowest BCUT2D eigenvalue weighted by molar-refractivity contribution is 0.0820. The summed E-state index contributed by atoms with van der Waals surface area (Å²) in [7, 11) is 3.50. The topological polar surface area (TPSA) is 103 Å². The number of anilines is 2. The van der Waals surface area contributed by atoms with Gasteiger partial charge in [0.1, 0.15) is 30.2 Å². The molecule has 0 spiro atoms. The highest BCUT2D eigenvalue weighted by atomic mass is 19.1. The first kappa shape index (κ1) is 34.6. The van der Waals surface area contributed by atoms with E-state index in [2.05, 4.69) is 21.6 Å². The van der Waals surface area contributed by atoms with Crippen LogP contribution in [0.1, 0.15) is 78.1 Å². The number of carbonyl (C=O) groups excluding carboxylic acids is 1. The van der Waals surface area contributed by atoms with Gasteiger partial charge in [-0.15, -0.1) is 0 Å². The quantitative estimate of drug-likeness (QED) is 0.256. The fraction of sp³-hybridized carbons (Fsp3) is 0.538. The van der Waals surface area contributed by atoms with Gasteiger partial charge < -0.3 is 24.5 Å². The number of halogens is 2. The van der Waals surface area contributed by atoms with Gasteiger partial charge in [0.2, 0.25) is 0 Å². The molecule has 2 aromatic carbocycles. The molecule has 1 N–H and O–H groups in total. The zero-order chi connectivity index (χ0) is 36.3. The van der Waals surface area contributed by atoms with Crippen LogP contribution in [0.3, 0.4) is 0 Å². The van der Waals surface area contributed by atoms with E-state index >= 15 is 4.39 Å². The highest BCUT2D eigenvalue weighted by Crippen LogP contribution is 2.42. The van der Waals surface area contributed by atoms with E-state index in [1.165, 1.54) is 6.07 Å². The zero-order valence-corrected chi connectivity index (χ0v) is 30.6. The molecule has 6 heterocycles. The van der Waals surface area contributed by atoms with Gasteiger partial charge in [-0.2, -0.15) is 15.1 Å². The number of nitrogens with zero attached hydrogens (tertiary/aromatic N) is 8. The van der Waals surface area contributed by atoms with Crippen molar-refractivity contribution in [2.24, 2.45) is 0 Å². The summed E-state index contributed by atoms with van der Waals surface area (Å²) in [4.78, 5) is 31.5. The van der Waals surface area contributed by atoms with Crippen LogP contribution in [0.4, 0.5) is 20.3 Å². The zero-order valence-electron chi connectivity index (χ0n) is 30.6. The Kier molecular flexibility index (Phi) is 8.95. The summed E-state index contributed by atoms with van der Waals surface area (Å²) < 4.78 is 38.3. The summed E-state index contributed by atoms with van der Waals surface area (Å²) in [5.41, 5.74) is 5.33. The highest BCUT2D eigenvalue weighted by molar-refractivity contribution is 5.98. The van der Waals surface area contributed by atoms with Crippen LogP contribution < -0.4 is 14.5 Å². The number of hydrogen-bond acceptors (Lipinski definition) is 9. The van der Waals surface area contributed by atoms with Gasteiger partial charge in [-0.05, 0) is 68.2 Å². The standard InChI is InChI=1S/C39H48F2N8O3/c1-5-27-30(41)10-9-24-17-26(50)18-32(34(24)27)46-16-11-29-31(21-46)42-38(52-23-39-12-7-14-48(39)20-25(40)19-39)43-36(29)47-13-8-15-49-33(22-47)28(6-2)35(44-49)37(51)45(3)4/h9-10,17-18,25,50H,5-8,11-16,19-23H2,1-4H3/t25-,39+/m1/s1. The van der Waals surface area contributed by atoms with Crippen molar-refractivity contribution < 1.29 is 23.4 Å². The van der Waals surface area contributed by atoms with Gasteiger partial charge in [0, 0.05) is 75.0 Å². The van der Waals surface area contributed by atoms with Crippen molar-refractivity contribution in [1.82, 2.24) is 29.5 Å². The number of carbonyl (C=O) groups is 1. The molecule has 276 valence electrons. The number of amides is 1. The van der Waals surface area contributed by atoms with Crippen LogP contribution in [0.2, 0.25) is 0 Å². The van der Waals surface area contributed by atoms with E-state index in [4.69, 9.17) is 19.8 Å². The maximum absolute atomic E-state index is 15.1. The van der Waals surface area contributed by atoms with Crippen molar-refractivity contribution in [2.45, 2.75) is 90.1 Å². The molecule has 4 aliphatic heterocycles. The summed E-state index contributed by atoms with van der Waals surface area (Å²) in [6, 6.07) is 6.86. The predicted octanol–water partition coefficient (Wildman–Crippen LogP) is 5.43. The van der Waals surface area contributed by atoms with Crippen molar-refractivity contribution in [3.63, 3.8) is 0 Å². The first-order valence-electron chi connectivity index (χ1n) is 18.7. The lowest BCUT2D eigenvalue weighted by atomic mass is 9.95. The summed E-state index contributed by atoms with van der Waals surface area (Å²) in [6.45, 7) is 8.60. The first-order chi connectivity index (χ1) is 25.1. The summed E-state index contributed by atoms with van der Waals surface area (Å²) in [5.74, 6) is 0.558. The van der Waals surface area contributed by atoms with E-state index in [0.29, 0.717) is 76.3 Å². The summed E-state index contributed by atoms with van der Waals surface area (Å²) in [5, 5.41) is 17.2. The maximum Gasteiger partial charge on any atom is 0.318 e. The summed E-state index contributed by atoms with van der Waals surface area (Å²) in [6.07, 6.45) is 4.10. The molecule has 4 aromatic rings. The molecule has 52 heavy (non-hydrogen) atoms. The predicted molar refractivity (Wildman–Crippen MR) is 196 cm³/mol. The Morgan fingerprint density at radius 2 is 1.87 bits per heavy atom. The van der Waals surface area contributed by atoms with E-state index in [1.54, 1.807) is 37.2 Å². The number of rotatable bonds is 8. The van der Waals surface area contributed by atoms with E-state index in [-0.39, 0.29) is 29.0 Å². The molecule has 2 saturated heterocycles. The molecule has 2 atom stereocenters. The Morgan fingerprint density at radius 3 is 2.65 bits per heavy atom. The molecule has 0 radical (unpaired) electrons. The van der Waals surface area contributed by atoms with Gasteiger partial charge in [0.15, 0.2) is 5.69 Å². The van der Waals surface area contributed by atoms with Crippen molar-refractivity contribution in [2.75, 3.05) is 56.7 Å². The van der Waals surface area contributed by atoms with Gasteiger partial charge >= 0.3 is 6.01 Å². The monoisotopic (exact) mass is 714 g/mol. The molecule has 0 unspecified atom stereocenters. The van der Waals surface area contributed by atoms with Crippen LogP contribution >= 0.6 is 0 Å². The van der Waals surface area contributed by atoms with Gasteiger partial charge in [0.25, 0.3) is 5.91 Å². The second-order valence-electron chi connectivity index (χ2n) is 15.1. The summed E-state index contributed by atoms with van der Waals surface area (Å²) >= 11 is 0. The van der Waals surface area contributed by atoms with E-state index < -0.39 is 6.17 Å². The third-order valence-corrected chi connectivity index (χ3v) is 11.6. The van der Waals surface area contributed by atoms with Crippen molar-refractivity contribution >= 4 is 28.2 Å². The molecule has 2 aromatic heterocycles. The normalized spacial score (nSPS) is 21.6. The second kappa shape index (κ2) is 13.5. The first-order valence-corrected chi connectivity index (χ1v) is 18.7. The maximum atomic E-state index is 15.1. The Labute approximate surface area is 303 Å². The molecule has 13 heteroatoms. The molecule has 8 rings (SSSR count). The van der Waals surface area contributed by atoms with Crippen LogP contribution in [0, 0.1) is 5.82 Å². The fourth-order valence-corrected chi connectivity index (χ4v) is 9.14. The Balaban J connectivity index is 1.19. The Morgan fingerprint density at radius 1 is 1.04 bits per heavy atom. The number of aromatic nitrogens is 4. The van der Waals surface area contributed by atoms with Crippen LogP contribution in [-0.4, -0.2) is 99.2 Å². The minimum absolute atomic E-state index is 0.104. The van der Waals surface area contributed by atoms with Gasteiger partial charge in [0.05, 0.1) is 30.0 Å². The third-order valence-electron chi connectivity index (χ3n) is 11.6. The largest absolute Gasteiger partial charge is 0.508 e. The number of phenols is 1. The molecule has 1 amide bonds. The average Bonchev–Trinajstić information content (AvgIpc) is 3.72. The van der Waals surface area contributed by atoms with Gasteiger partial charge in [-0.1, -0.05) is 19.9 Å². The third kappa shape index (κ3) is 5.90. The number of hydrogen-bond donors (Lipinski definition) is 1. The second-order valence-corrected chi connectivity index (χ2v) is 15.1. The molecule has 11 nitrogen and oxygen atoms in total. The van der Waals surface area contributed by atoms with E-state index in [9.17, 15) is 14.3 Å². The van der Waals surface area contributed by atoms with E-state index in [1.807, 2.05) is 11.6 Å². The lowest BCUT2D eigenvalue weighted by Crippen LogP contribution is -2.43. The SMILES string of the molecule is CCc1c(C(=O)N(C)C)nn2c1CN(c1nc(OC[C@@]34CCCN3C[C@H](F)C4)nc3c1CCN(c1cc(O)cc4ccc(F)c(CC)c14)C3)CCC2. The lowest BCUT2D eigenvalue weighted by Gasteiger charge is -2.35. The van der Waals surface area contributed by atoms with E-state index in [0.717, 1.165) is 77.1 Å². The minimum atomic E-state index is -0.869.